The maximum Gasteiger partial charge on any atom is 0.127 e. The zero-order valence-corrected chi connectivity index (χ0v) is 9.81. The van der Waals surface area contributed by atoms with Crippen LogP contribution in [0.3, 0.4) is 0 Å². The molecular weight excluding hydrogens is 228 g/mol. The Bertz CT molecular complexity index is 713. The van der Waals surface area contributed by atoms with Crippen molar-refractivity contribution in [2.45, 2.75) is 6.92 Å². The molecule has 3 heteroatoms. The lowest BCUT2D eigenvalue weighted by molar-refractivity contribution is 0.455. The molecule has 0 atom stereocenters. The van der Waals surface area contributed by atoms with Crippen LogP contribution in [0.15, 0.2) is 36.4 Å². The van der Waals surface area contributed by atoms with Gasteiger partial charge in [0, 0.05) is 16.8 Å². The van der Waals surface area contributed by atoms with Gasteiger partial charge in [0.15, 0.2) is 0 Å². The Labute approximate surface area is 104 Å². The Kier molecular flexibility index (Phi) is 2.10. The molecule has 0 bridgehead atoms. The predicted octanol–water partition coefficient (Wildman–Crippen LogP) is 3.42. The lowest BCUT2D eigenvalue weighted by atomic mass is 10.0. The van der Waals surface area contributed by atoms with Crippen molar-refractivity contribution in [2.75, 3.05) is 0 Å². The van der Waals surface area contributed by atoms with Gasteiger partial charge < -0.3 is 15.3 Å². The van der Waals surface area contributed by atoms with E-state index in [4.69, 9.17) is 0 Å². The van der Waals surface area contributed by atoms with Crippen LogP contribution in [-0.4, -0.2) is 15.3 Å². The van der Waals surface area contributed by atoms with Crippen LogP contribution in [0.25, 0.3) is 21.5 Å². The molecule has 0 aliphatic rings. The van der Waals surface area contributed by atoms with Crippen molar-refractivity contribution in [3.05, 3.63) is 42.0 Å². The number of aryl methyl sites for hydroxylation is 1. The second-order valence-corrected chi connectivity index (χ2v) is 4.54. The molecular formula is C15H12O3. The largest absolute Gasteiger partial charge is 0.508 e. The normalized spacial score (nSPS) is 11.2. The highest BCUT2D eigenvalue weighted by Gasteiger charge is 2.07. The molecule has 0 radical (unpaired) electrons. The van der Waals surface area contributed by atoms with Gasteiger partial charge in [-0.2, -0.15) is 0 Å². The molecule has 0 fully saturated rings. The first kappa shape index (κ1) is 10.7. The summed E-state index contributed by atoms with van der Waals surface area (Å²) in [6.45, 7) is 1.91. The van der Waals surface area contributed by atoms with Crippen LogP contribution in [0.1, 0.15) is 5.56 Å². The van der Waals surface area contributed by atoms with E-state index in [1.54, 1.807) is 18.2 Å². The van der Waals surface area contributed by atoms with Crippen LogP contribution in [0.5, 0.6) is 17.2 Å². The Morgan fingerprint density at radius 2 is 1.28 bits per heavy atom. The Morgan fingerprint density at radius 3 is 2.00 bits per heavy atom. The molecule has 18 heavy (non-hydrogen) atoms. The lowest BCUT2D eigenvalue weighted by Crippen LogP contribution is -1.81. The summed E-state index contributed by atoms with van der Waals surface area (Å²) in [5, 5.41) is 32.1. The van der Waals surface area contributed by atoms with E-state index in [0.717, 1.165) is 16.3 Å². The van der Waals surface area contributed by atoms with Crippen molar-refractivity contribution >= 4 is 21.5 Å². The van der Waals surface area contributed by atoms with E-state index in [1.165, 1.54) is 6.07 Å². The molecule has 3 rings (SSSR count). The maximum absolute atomic E-state index is 9.93. The second-order valence-electron chi connectivity index (χ2n) is 4.54. The van der Waals surface area contributed by atoms with Gasteiger partial charge >= 0.3 is 0 Å². The first-order chi connectivity index (χ1) is 8.54. The van der Waals surface area contributed by atoms with E-state index in [0.29, 0.717) is 10.8 Å². The van der Waals surface area contributed by atoms with E-state index >= 15 is 0 Å². The van der Waals surface area contributed by atoms with Gasteiger partial charge in [0.25, 0.3) is 0 Å². The summed E-state index contributed by atoms with van der Waals surface area (Å²) in [4.78, 5) is 0. The minimum Gasteiger partial charge on any atom is -0.508 e. The molecule has 3 N–H and O–H groups in total. The molecule has 0 unspecified atom stereocenters. The highest BCUT2D eigenvalue weighted by molar-refractivity contribution is 6.03. The Balaban J connectivity index is 2.51. The fourth-order valence-corrected chi connectivity index (χ4v) is 2.32. The monoisotopic (exact) mass is 240 g/mol. The van der Waals surface area contributed by atoms with Gasteiger partial charge in [0.2, 0.25) is 0 Å². The number of rotatable bonds is 0. The van der Waals surface area contributed by atoms with Crippen LogP contribution in [0.4, 0.5) is 0 Å². The van der Waals surface area contributed by atoms with Crippen LogP contribution >= 0.6 is 0 Å². The quantitative estimate of drug-likeness (QED) is 0.528. The van der Waals surface area contributed by atoms with Crippen LogP contribution in [0, 0.1) is 6.92 Å². The predicted molar refractivity (Wildman–Crippen MR) is 71.2 cm³/mol. The van der Waals surface area contributed by atoms with E-state index in [9.17, 15) is 15.3 Å². The van der Waals surface area contributed by atoms with Crippen LogP contribution in [-0.2, 0) is 0 Å². The number of phenolic OH excluding ortho intramolecular Hbond substituents is 3. The highest BCUT2D eigenvalue weighted by atomic mass is 16.3. The number of aromatic hydroxyl groups is 3. The minimum atomic E-state index is 0.00637. The summed E-state index contributed by atoms with van der Waals surface area (Å²) in [5.41, 5.74) is 0.962. The van der Waals surface area contributed by atoms with Crippen molar-refractivity contribution in [3.63, 3.8) is 0 Å². The van der Waals surface area contributed by atoms with Crippen LogP contribution < -0.4 is 0 Å². The third kappa shape index (κ3) is 1.52. The minimum absolute atomic E-state index is 0.00637. The summed E-state index contributed by atoms with van der Waals surface area (Å²) in [5.74, 6) is 0.225. The SMILES string of the molecule is Cc1cc(O)c2cc3c(O)cc(O)cc3cc2c1. The average molecular weight is 240 g/mol. The maximum atomic E-state index is 9.93. The van der Waals surface area contributed by atoms with Crippen LogP contribution in [0.2, 0.25) is 0 Å². The smallest absolute Gasteiger partial charge is 0.127 e. The Hall–Kier alpha value is -2.42. The number of benzene rings is 3. The third-order valence-corrected chi connectivity index (χ3v) is 3.11. The molecule has 0 aliphatic heterocycles. The van der Waals surface area contributed by atoms with Crippen molar-refractivity contribution < 1.29 is 15.3 Å². The topological polar surface area (TPSA) is 60.7 Å². The third-order valence-electron chi connectivity index (χ3n) is 3.11. The molecule has 0 aliphatic carbocycles. The van der Waals surface area contributed by atoms with Gasteiger partial charge in [-0.1, -0.05) is 6.07 Å². The van der Waals surface area contributed by atoms with Crippen molar-refractivity contribution in [1.82, 2.24) is 0 Å². The molecule has 0 aromatic heterocycles. The van der Waals surface area contributed by atoms with E-state index in [2.05, 4.69) is 0 Å². The van der Waals surface area contributed by atoms with Crippen molar-refractivity contribution in [3.8, 4) is 17.2 Å². The average Bonchev–Trinajstić information content (AvgIpc) is 2.26. The molecule has 0 saturated heterocycles. The zero-order chi connectivity index (χ0) is 12.9. The van der Waals surface area contributed by atoms with E-state index in [-0.39, 0.29) is 17.2 Å². The second kappa shape index (κ2) is 3.53. The number of hydrogen-bond donors (Lipinski definition) is 3. The highest BCUT2D eigenvalue weighted by Crippen LogP contribution is 2.36. The molecule has 0 heterocycles. The van der Waals surface area contributed by atoms with E-state index < -0.39 is 0 Å². The van der Waals surface area contributed by atoms with Gasteiger partial charge in [-0.3, -0.25) is 0 Å². The number of hydrogen-bond acceptors (Lipinski definition) is 3. The molecule has 0 saturated carbocycles. The summed E-state index contributed by atoms with van der Waals surface area (Å²) in [6.07, 6.45) is 0. The molecule has 90 valence electrons. The summed E-state index contributed by atoms with van der Waals surface area (Å²) in [7, 11) is 0. The summed E-state index contributed by atoms with van der Waals surface area (Å²) in [6, 6.07) is 10.1. The van der Waals surface area contributed by atoms with Crippen molar-refractivity contribution in [1.29, 1.82) is 0 Å². The fraction of sp³-hybridized carbons (Fsp3) is 0.0667. The van der Waals surface area contributed by atoms with Gasteiger partial charge in [0.1, 0.15) is 17.2 Å². The Morgan fingerprint density at radius 1 is 0.667 bits per heavy atom. The molecule has 3 aromatic carbocycles. The summed E-state index contributed by atoms with van der Waals surface area (Å²) < 4.78 is 0. The number of phenols is 3. The zero-order valence-electron chi connectivity index (χ0n) is 9.81. The lowest BCUT2D eigenvalue weighted by Gasteiger charge is -2.07. The van der Waals surface area contributed by atoms with Gasteiger partial charge in [0.05, 0.1) is 0 Å². The molecule has 3 nitrogen and oxygen atoms in total. The van der Waals surface area contributed by atoms with Gasteiger partial charge in [-0.05, 0) is 47.5 Å². The first-order valence-corrected chi connectivity index (χ1v) is 5.63. The number of fused-ring (bicyclic) bond motifs is 2. The van der Waals surface area contributed by atoms with Gasteiger partial charge in [-0.15, -0.1) is 0 Å². The van der Waals surface area contributed by atoms with Gasteiger partial charge in [-0.25, -0.2) is 0 Å². The summed E-state index contributed by atoms with van der Waals surface area (Å²) >= 11 is 0. The first-order valence-electron chi connectivity index (χ1n) is 5.63. The van der Waals surface area contributed by atoms with E-state index in [1.807, 2.05) is 19.1 Å². The molecule has 3 aromatic rings. The fourth-order valence-electron chi connectivity index (χ4n) is 2.32. The van der Waals surface area contributed by atoms with Crippen molar-refractivity contribution in [2.24, 2.45) is 0 Å². The standard InChI is InChI=1S/C15H12O3/c1-8-2-9-4-10-5-11(16)6-15(18)13(10)7-12(9)14(17)3-8/h2-7,16-18H,1H3. The molecule has 0 spiro atoms. The molecule has 0 amide bonds.